The average Bonchev–Trinajstić information content (AvgIpc) is 3.21. The van der Waals surface area contributed by atoms with Crippen molar-refractivity contribution in [3.05, 3.63) is 60.1 Å². The number of sulfonamides is 1. The molecule has 172 valence electrons. The van der Waals surface area contributed by atoms with Gasteiger partial charge in [-0.2, -0.15) is 16.5 Å². The Morgan fingerprint density at radius 3 is 2.66 bits per heavy atom. The highest BCUT2D eigenvalue weighted by molar-refractivity contribution is 7.98. The number of fused-ring (bicyclic) bond motifs is 1. The van der Waals surface area contributed by atoms with Gasteiger partial charge in [0.1, 0.15) is 22.5 Å². The molecule has 0 spiro atoms. The molecule has 0 aliphatic heterocycles. The van der Waals surface area contributed by atoms with E-state index in [2.05, 4.69) is 10.0 Å². The Labute approximate surface area is 190 Å². The zero-order chi connectivity index (χ0) is 23.3. The summed E-state index contributed by atoms with van der Waals surface area (Å²) in [5.41, 5.74) is 0.560. The molecule has 7 nitrogen and oxygen atoms in total. The number of ether oxygens (including phenoxy) is 1. The van der Waals surface area contributed by atoms with Crippen molar-refractivity contribution in [1.29, 1.82) is 0 Å². The molecule has 0 fully saturated rings. The first kappa shape index (κ1) is 24.1. The number of nitrogens with one attached hydrogen (secondary N) is 2. The summed E-state index contributed by atoms with van der Waals surface area (Å²) >= 11 is 1.47. The SMILES string of the molecule is COc1cccc2cc(C(C)NC(=O)C(CCSC)NS(=O)(=O)c3ccccc3F)oc12. The summed E-state index contributed by atoms with van der Waals surface area (Å²) in [6.45, 7) is 1.74. The zero-order valence-electron chi connectivity index (χ0n) is 17.9. The maximum Gasteiger partial charge on any atom is 0.244 e. The van der Waals surface area contributed by atoms with E-state index < -0.39 is 38.7 Å². The summed E-state index contributed by atoms with van der Waals surface area (Å²) in [5.74, 6) is 0.197. The van der Waals surface area contributed by atoms with E-state index in [1.54, 1.807) is 26.2 Å². The van der Waals surface area contributed by atoms with E-state index in [9.17, 15) is 17.6 Å². The summed E-state index contributed by atoms with van der Waals surface area (Å²) < 4.78 is 53.0. The third-order valence-corrected chi connectivity index (χ3v) is 7.03. The van der Waals surface area contributed by atoms with Crippen LogP contribution in [0.2, 0.25) is 0 Å². The lowest BCUT2D eigenvalue weighted by molar-refractivity contribution is -0.123. The van der Waals surface area contributed by atoms with Crippen molar-refractivity contribution in [2.75, 3.05) is 19.1 Å². The number of thioether (sulfide) groups is 1. The van der Waals surface area contributed by atoms with Crippen LogP contribution in [0.25, 0.3) is 11.0 Å². The molecule has 0 bridgehead atoms. The predicted molar refractivity (Wildman–Crippen MR) is 123 cm³/mol. The van der Waals surface area contributed by atoms with Crippen LogP contribution in [0, 0.1) is 5.82 Å². The van der Waals surface area contributed by atoms with Crippen molar-refractivity contribution in [3.63, 3.8) is 0 Å². The van der Waals surface area contributed by atoms with Crippen LogP contribution in [0.1, 0.15) is 25.1 Å². The highest BCUT2D eigenvalue weighted by Crippen LogP contribution is 2.31. The van der Waals surface area contributed by atoms with Crippen molar-refractivity contribution in [1.82, 2.24) is 10.0 Å². The number of hydrogen-bond donors (Lipinski definition) is 2. The fourth-order valence-corrected chi connectivity index (χ4v) is 4.99. The number of halogens is 1. The number of rotatable bonds is 10. The van der Waals surface area contributed by atoms with Gasteiger partial charge in [-0.3, -0.25) is 4.79 Å². The second-order valence-electron chi connectivity index (χ2n) is 7.14. The minimum atomic E-state index is -4.23. The molecule has 0 aliphatic rings. The minimum absolute atomic E-state index is 0.237. The van der Waals surface area contributed by atoms with Gasteiger partial charge in [-0.1, -0.05) is 24.3 Å². The van der Waals surface area contributed by atoms with Gasteiger partial charge in [-0.05, 0) is 49.6 Å². The molecule has 2 unspecified atom stereocenters. The number of amides is 1. The van der Waals surface area contributed by atoms with E-state index in [4.69, 9.17) is 9.15 Å². The first-order valence-electron chi connectivity index (χ1n) is 9.89. The molecular weight excluding hydrogens is 455 g/mol. The Hall–Kier alpha value is -2.56. The second kappa shape index (κ2) is 10.4. The summed E-state index contributed by atoms with van der Waals surface area (Å²) in [6, 6.07) is 10.7. The molecule has 1 aromatic heterocycles. The van der Waals surface area contributed by atoms with Gasteiger partial charge in [-0.25, -0.2) is 12.8 Å². The van der Waals surface area contributed by atoms with Gasteiger partial charge >= 0.3 is 0 Å². The molecule has 32 heavy (non-hydrogen) atoms. The summed E-state index contributed by atoms with van der Waals surface area (Å²) in [6.07, 6.45) is 2.09. The van der Waals surface area contributed by atoms with Crippen molar-refractivity contribution in [2.24, 2.45) is 0 Å². The van der Waals surface area contributed by atoms with Crippen LogP contribution in [-0.2, 0) is 14.8 Å². The van der Waals surface area contributed by atoms with Crippen LogP contribution >= 0.6 is 11.8 Å². The van der Waals surface area contributed by atoms with Crippen LogP contribution in [-0.4, -0.2) is 39.5 Å². The second-order valence-corrected chi connectivity index (χ2v) is 9.81. The molecular formula is C22H25FN2O5S2. The highest BCUT2D eigenvalue weighted by Gasteiger charge is 2.28. The Balaban J connectivity index is 1.79. The van der Waals surface area contributed by atoms with Gasteiger partial charge in [0.25, 0.3) is 0 Å². The first-order valence-corrected chi connectivity index (χ1v) is 12.8. The summed E-state index contributed by atoms with van der Waals surface area (Å²) in [4.78, 5) is 12.5. The van der Waals surface area contributed by atoms with Gasteiger partial charge in [-0.15, -0.1) is 0 Å². The van der Waals surface area contributed by atoms with Crippen LogP contribution in [0.5, 0.6) is 5.75 Å². The molecule has 0 saturated heterocycles. The summed E-state index contributed by atoms with van der Waals surface area (Å²) in [5, 5.41) is 3.61. The predicted octanol–water partition coefficient (Wildman–Crippen LogP) is 3.86. The van der Waals surface area contributed by atoms with Gasteiger partial charge < -0.3 is 14.5 Å². The fourth-order valence-electron chi connectivity index (χ4n) is 3.21. The number of methoxy groups -OCH3 is 1. The topological polar surface area (TPSA) is 97.6 Å². The summed E-state index contributed by atoms with van der Waals surface area (Å²) in [7, 11) is -2.69. The fraction of sp³-hybridized carbons (Fsp3) is 0.318. The maximum absolute atomic E-state index is 14.0. The molecule has 0 saturated carbocycles. The van der Waals surface area contributed by atoms with Gasteiger partial charge in [0.2, 0.25) is 15.9 Å². The Kier molecular flexibility index (Phi) is 7.81. The third-order valence-electron chi connectivity index (χ3n) is 4.88. The van der Waals surface area contributed by atoms with Crippen molar-refractivity contribution in [3.8, 4) is 5.75 Å². The van der Waals surface area contributed by atoms with Crippen LogP contribution in [0.4, 0.5) is 4.39 Å². The normalized spacial score (nSPS) is 13.6. The maximum atomic E-state index is 14.0. The molecule has 2 N–H and O–H groups in total. The standard InChI is InChI=1S/C22H25FN2O5S2/c1-14(19-13-15-7-6-9-18(29-2)21(15)30-19)24-22(26)17(11-12-31-3)25-32(27,28)20-10-5-4-8-16(20)23/h4-10,13-14,17,25H,11-12H2,1-3H3,(H,24,26). The monoisotopic (exact) mass is 480 g/mol. The lowest BCUT2D eigenvalue weighted by Gasteiger charge is -2.20. The van der Waals surface area contributed by atoms with E-state index in [1.807, 2.05) is 18.4 Å². The van der Waals surface area contributed by atoms with Crippen LogP contribution in [0.15, 0.2) is 57.8 Å². The van der Waals surface area contributed by atoms with E-state index in [-0.39, 0.29) is 6.42 Å². The molecule has 10 heteroatoms. The Morgan fingerprint density at radius 1 is 1.22 bits per heavy atom. The number of carbonyl (C=O) groups is 1. The van der Waals surface area contributed by atoms with E-state index >= 15 is 0 Å². The zero-order valence-corrected chi connectivity index (χ0v) is 19.6. The van der Waals surface area contributed by atoms with Crippen molar-refractivity contribution in [2.45, 2.75) is 30.3 Å². The number of para-hydroxylation sites is 1. The average molecular weight is 481 g/mol. The Morgan fingerprint density at radius 2 is 1.97 bits per heavy atom. The molecule has 1 amide bonds. The van der Waals surface area contributed by atoms with Gasteiger partial charge in [0, 0.05) is 5.39 Å². The van der Waals surface area contributed by atoms with Gasteiger partial charge in [0.05, 0.1) is 13.2 Å². The van der Waals surface area contributed by atoms with Crippen molar-refractivity contribution >= 4 is 38.7 Å². The van der Waals surface area contributed by atoms with E-state index in [0.29, 0.717) is 22.8 Å². The Bertz CT molecular complexity index is 1200. The van der Waals surface area contributed by atoms with E-state index in [0.717, 1.165) is 17.5 Å². The molecule has 2 atom stereocenters. The lowest BCUT2D eigenvalue weighted by atomic mass is 10.2. The molecule has 0 radical (unpaired) electrons. The lowest BCUT2D eigenvalue weighted by Crippen LogP contribution is -2.47. The number of furan rings is 1. The van der Waals surface area contributed by atoms with Crippen molar-refractivity contribution < 1.29 is 26.8 Å². The molecule has 2 aromatic carbocycles. The van der Waals surface area contributed by atoms with E-state index in [1.165, 1.54) is 23.9 Å². The first-order chi connectivity index (χ1) is 15.3. The largest absolute Gasteiger partial charge is 0.493 e. The number of benzene rings is 2. The molecule has 1 heterocycles. The third kappa shape index (κ3) is 5.43. The minimum Gasteiger partial charge on any atom is -0.493 e. The molecule has 3 rings (SSSR count). The quantitative estimate of drug-likeness (QED) is 0.457. The highest BCUT2D eigenvalue weighted by atomic mass is 32.2. The smallest absolute Gasteiger partial charge is 0.244 e. The molecule has 0 aliphatic carbocycles. The van der Waals surface area contributed by atoms with Gasteiger partial charge in [0.15, 0.2) is 11.3 Å². The molecule has 3 aromatic rings. The number of carbonyl (C=O) groups excluding carboxylic acids is 1. The van der Waals surface area contributed by atoms with Crippen LogP contribution < -0.4 is 14.8 Å². The van der Waals surface area contributed by atoms with Crippen LogP contribution in [0.3, 0.4) is 0 Å². The number of hydrogen-bond acceptors (Lipinski definition) is 6.